The minimum Gasteiger partial charge on any atom is -0.383 e. The van der Waals surface area contributed by atoms with E-state index in [1.54, 1.807) is 7.11 Å². The van der Waals surface area contributed by atoms with Crippen molar-refractivity contribution in [1.82, 2.24) is 15.2 Å². The van der Waals surface area contributed by atoms with Gasteiger partial charge in [-0.25, -0.2) is 0 Å². The van der Waals surface area contributed by atoms with Gasteiger partial charge in [-0.05, 0) is 31.5 Å². The van der Waals surface area contributed by atoms with E-state index < -0.39 is 0 Å². The zero-order chi connectivity index (χ0) is 12.8. The Hall–Kier alpha value is -0.970. The van der Waals surface area contributed by atoms with Gasteiger partial charge in [0.05, 0.1) is 6.61 Å². The third kappa shape index (κ3) is 4.37. The molecular formula is C14H23N3O. The molecule has 18 heavy (non-hydrogen) atoms. The van der Waals surface area contributed by atoms with Gasteiger partial charge in [0.15, 0.2) is 0 Å². The zero-order valence-electron chi connectivity index (χ0n) is 11.3. The number of rotatable bonds is 8. The second kappa shape index (κ2) is 6.83. The van der Waals surface area contributed by atoms with Crippen LogP contribution in [-0.4, -0.2) is 49.3 Å². The van der Waals surface area contributed by atoms with Gasteiger partial charge in [-0.1, -0.05) is 6.07 Å². The van der Waals surface area contributed by atoms with E-state index in [-0.39, 0.29) is 0 Å². The number of hydrogen-bond acceptors (Lipinski definition) is 4. The average Bonchev–Trinajstić information content (AvgIpc) is 3.19. The fraction of sp³-hybridized carbons (Fsp3) is 0.643. The van der Waals surface area contributed by atoms with E-state index in [1.807, 2.05) is 18.5 Å². The summed E-state index contributed by atoms with van der Waals surface area (Å²) >= 11 is 0. The molecule has 0 spiro atoms. The molecule has 1 N–H and O–H groups in total. The Morgan fingerprint density at radius 2 is 2.39 bits per heavy atom. The lowest BCUT2D eigenvalue weighted by molar-refractivity contribution is 0.101. The quantitative estimate of drug-likeness (QED) is 0.753. The molecule has 4 heteroatoms. The van der Waals surface area contributed by atoms with E-state index in [1.165, 1.54) is 18.4 Å². The van der Waals surface area contributed by atoms with Gasteiger partial charge in [0.2, 0.25) is 0 Å². The predicted octanol–water partition coefficient (Wildman–Crippen LogP) is 1.28. The van der Waals surface area contributed by atoms with Gasteiger partial charge < -0.3 is 10.1 Å². The highest BCUT2D eigenvalue weighted by Crippen LogP contribution is 2.18. The Kier molecular flexibility index (Phi) is 5.11. The summed E-state index contributed by atoms with van der Waals surface area (Å²) in [5, 5.41) is 3.57. The van der Waals surface area contributed by atoms with Crippen LogP contribution in [0.3, 0.4) is 0 Å². The van der Waals surface area contributed by atoms with Crippen molar-refractivity contribution in [3.8, 4) is 0 Å². The Morgan fingerprint density at radius 3 is 3.00 bits per heavy atom. The van der Waals surface area contributed by atoms with Crippen molar-refractivity contribution in [1.29, 1.82) is 0 Å². The first-order valence-corrected chi connectivity index (χ1v) is 6.61. The second-order valence-electron chi connectivity index (χ2n) is 5.07. The van der Waals surface area contributed by atoms with Crippen LogP contribution in [0.15, 0.2) is 24.5 Å². The molecular weight excluding hydrogens is 226 g/mol. The summed E-state index contributed by atoms with van der Waals surface area (Å²) in [5.41, 5.74) is 1.24. The van der Waals surface area contributed by atoms with E-state index >= 15 is 0 Å². The first-order chi connectivity index (χ1) is 8.79. The van der Waals surface area contributed by atoms with Gasteiger partial charge in [-0.3, -0.25) is 9.88 Å². The number of aromatic nitrogens is 1. The van der Waals surface area contributed by atoms with Crippen molar-refractivity contribution in [3.63, 3.8) is 0 Å². The van der Waals surface area contributed by atoms with Crippen LogP contribution in [0.1, 0.15) is 18.4 Å². The molecule has 0 aliphatic heterocycles. The van der Waals surface area contributed by atoms with E-state index in [0.29, 0.717) is 6.04 Å². The highest BCUT2D eigenvalue weighted by atomic mass is 16.5. The molecule has 0 radical (unpaired) electrons. The maximum Gasteiger partial charge on any atom is 0.0630 e. The summed E-state index contributed by atoms with van der Waals surface area (Å²) in [6.45, 7) is 2.67. The van der Waals surface area contributed by atoms with E-state index in [9.17, 15) is 0 Å². The molecule has 1 aliphatic rings. The zero-order valence-corrected chi connectivity index (χ0v) is 11.3. The van der Waals surface area contributed by atoms with E-state index in [0.717, 1.165) is 25.7 Å². The summed E-state index contributed by atoms with van der Waals surface area (Å²) in [6.07, 6.45) is 6.39. The summed E-state index contributed by atoms with van der Waals surface area (Å²) in [7, 11) is 3.91. The Bertz CT molecular complexity index is 340. The minimum atomic E-state index is 0.413. The topological polar surface area (TPSA) is 37.4 Å². The van der Waals surface area contributed by atoms with Gasteiger partial charge >= 0.3 is 0 Å². The third-order valence-electron chi connectivity index (χ3n) is 3.36. The van der Waals surface area contributed by atoms with Crippen LogP contribution in [0.4, 0.5) is 0 Å². The van der Waals surface area contributed by atoms with E-state index in [4.69, 9.17) is 4.74 Å². The van der Waals surface area contributed by atoms with E-state index in [2.05, 4.69) is 28.3 Å². The van der Waals surface area contributed by atoms with Gasteiger partial charge in [-0.2, -0.15) is 0 Å². The molecule has 1 aliphatic carbocycles. The van der Waals surface area contributed by atoms with Crippen LogP contribution >= 0.6 is 0 Å². The molecule has 2 rings (SSSR count). The van der Waals surface area contributed by atoms with Crippen molar-refractivity contribution >= 4 is 0 Å². The van der Waals surface area contributed by atoms with Crippen LogP contribution in [0, 0.1) is 0 Å². The first-order valence-electron chi connectivity index (χ1n) is 6.61. The van der Waals surface area contributed by atoms with Crippen molar-refractivity contribution in [2.45, 2.75) is 31.5 Å². The lowest BCUT2D eigenvalue weighted by Gasteiger charge is -2.27. The minimum absolute atomic E-state index is 0.413. The number of hydrogen-bond donors (Lipinski definition) is 1. The maximum atomic E-state index is 5.32. The molecule has 0 saturated heterocycles. The third-order valence-corrected chi connectivity index (χ3v) is 3.36. The first kappa shape index (κ1) is 13.5. The van der Waals surface area contributed by atoms with Crippen molar-refractivity contribution in [3.05, 3.63) is 30.1 Å². The predicted molar refractivity (Wildman–Crippen MR) is 72.4 cm³/mol. The monoisotopic (exact) mass is 249 g/mol. The lowest BCUT2D eigenvalue weighted by Crippen LogP contribution is -2.43. The van der Waals surface area contributed by atoms with Crippen LogP contribution in [0.25, 0.3) is 0 Å². The number of ether oxygens (including phenoxy) is 1. The molecule has 0 aromatic carbocycles. The van der Waals surface area contributed by atoms with Crippen LogP contribution < -0.4 is 5.32 Å². The van der Waals surface area contributed by atoms with Crippen molar-refractivity contribution in [2.75, 3.05) is 27.3 Å². The summed E-state index contributed by atoms with van der Waals surface area (Å²) < 4.78 is 5.32. The molecule has 0 bridgehead atoms. The standard InChI is InChI=1S/C14H23N3O/c1-17(10-12-4-3-7-15-8-12)14(11-18-2)9-16-13-5-6-13/h3-4,7-8,13-14,16H,5-6,9-11H2,1-2H3. The van der Waals surface area contributed by atoms with Crippen molar-refractivity contribution in [2.24, 2.45) is 0 Å². The smallest absolute Gasteiger partial charge is 0.0630 e. The molecule has 1 fully saturated rings. The maximum absolute atomic E-state index is 5.32. The molecule has 1 unspecified atom stereocenters. The number of nitrogens with zero attached hydrogens (tertiary/aromatic N) is 2. The second-order valence-corrected chi connectivity index (χ2v) is 5.07. The van der Waals surface area contributed by atoms with Crippen LogP contribution in [-0.2, 0) is 11.3 Å². The fourth-order valence-corrected chi connectivity index (χ4v) is 2.03. The fourth-order valence-electron chi connectivity index (χ4n) is 2.03. The molecule has 1 saturated carbocycles. The Labute approximate surface area is 109 Å². The molecule has 0 amide bonds. The van der Waals surface area contributed by atoms with Crippen LogP contribution in [0.5, 0.6) is 0 Å². The molecule has 100 valence electrons. The number of methoxy groups -OCH3 is 1. The van der Waals surface area contributed by atoms with Gasteiger partial charge in [0.1, 0.15) is 0 Å². The molecule has 1 heterocycles. The largest absolute Gasteiger partial charge is 0.383 e. The summed E-state index contributed by atoms with van der Waals surface area (Å²) in [4.78, 5) is 6.48. The lowest BCUT2D eigenvalue weighted by atomic mass is 10.2. The number of pyridine rings is 1. The Balaban J connectivity index is 1.83. The number of likely N-dealkylation sites (N-methyl/N-ethyl adjacent to an activating group) is 1. The number of nitrogens with one attached hydrogen (secondary N) is 1. The summed E-state index contributed by atoms with van der Waals surface area (Å²) in [6, 6.07) is 5.26. The molecule has 1 atom stereocenters. The highest BCUT2D eigenvalue weighted by molar-refractivity contribution is 5.08. The average molecular weight is 249 g/mol. The normalized spacial score (nSPS) is 17.1. The molecule has 4 nitrogen and oxygen atoms in total. The SMILES string of the molecule is COCC(CNC1CC1)N(C)Cc1cccnc1. The van der Waals surface area contributed by atoms with Gasteiger partial charge in [0, 0.05) is 44.7 Å². The highest BCUT2D eigenvalue weighted by Gasteiger charge is 2.23. The van der Waals surface area contributed by atoms with Gasteiger partial charge in [0.25, 0.3) is 0 Å². The van der Waals surface area contributed by atoms with Crippen LogP contribution in [0.2, 0.25) is 0 Å². The molecule has 1 aromatic heterocycles. The Morgan fingerprint density at radius 1 is 1.56 bits per heavy atom. The molecule has 1 aromatic rings. The van der Waals surface area contributed by atoms with Gasteiger partial charge in [-0.15, -0.1) is 0 Å². The summed E-state index contributed by atoms with van der Waals surface area (Å²) in [5.74, 6) is 0. The van der Waals surface area contributed by atoms with Crippen molar-refractivity contribution < 1.29 is 4.74 Å².